The molecule has 7 heteroatoms. The zero-order chi connectivity index (χ0) is 19.0. The molecule has 4 rings (SSSR count). The molecule has 5 nitrogen and oxygen atoms in total. The number of fused-ring (bicyclic) bond motifs is 3. The van der Waals surface area contributed by atoms with Crippen molar-refractivity contribution in [3.63, 3.8) is 0 Å². The van der Waals surface area contributed by atoms with E-state index in [2.05, 4.69) is 53.3 Å². The fourth-order valence-electron chi connectivity index (χ4n) is 5.01. The quantitative estimate of drug-likeness (QED) is 0.733. The van der Waals surface area contributed by atoms with Gasteiger partial charge in [0.15, 0.2) is 0 Å². The minimum atomic E-state index is 0. The van der Waals surface area contributed by atoms with Gasteiger partial charge in [0.05, 0.1) is 5.52 Å². The molecule has 2 unspecified atom stereocenters. The van der Waals surface area contributed by atoms with Crippen molar-refractivity contribution in [2.75, 3.05) is 26.0 Å². The standard InChI is InChI=1S/C22H32N4O.2ClH/c1-25(2)10-11-26-9-8-15-6-7-19(14-20(15)26)24-22(27)18-12-16-4-3-5-17(13-18)21(16)23;;/h6-9,14,16-18,21H,3-5,10-13,23H2,1-2H3,(H,24,27);2*1H. The molecule has 0 spiro atoms. The Bertz CT molecular complexity index is 808. The Morgan fingerprint density at radius 2 is 1.86 bits per heavy atom. The highest BCUT2D eigenvalue weighted by Crippen LogP contribution is 2.42. The molecule has 2 atom stereocenters. The molecule has 1 heterocycles. The second-order valence-corrected chi connectivity index (χ2v) is 8.77. The highest BCUT2D eigenvalue weighted by atomic mass is 35.5. The lowest BCUT2D eigenvalue weighted by atomic mass is 9.65. The number of likely N-dealkylation sites (N-methyl/N-ethyl adjacent to an activating group) is 1. The Morgan fingerprint density at radius 3 is 2.52 bits per heavy atom. The third kappa shape index (κ3) is 5.26. The molecule has 2 saturated carbocycles. The minimum absolute atomic E-state index is 0. The molecule has 3 N–H and O–H groups in total. The van der Waals surface area contributed by atoms with Crippen LogP contribution in [0, 0.1) is 17.8 Å². The average Bonchev–Trinajstić information content (AvgIpc) is 3.02. The van der Waals surface area contributed by atoms with Crippen LogP contribution in [0.5, 0.6) is 0 Å². The lowest BCUT2D eigenvalue weighted by Crippen LogP contribution is -2.48. The number of carbonyl (C=O) groups is 1. The molecule has 29 heavy (non-hydrogen) atoms. The van der Waals surface area contributed by atoms with Gasteiger partial charge in [-0.25, -0.2) is 0 Å². The van der Waals surface area contributed by atoms with Crippen LogP contribution in [0.4, 0.5) is 5.69 Å². The highest BCUT2D eigenvalue weighted by molar-refractivity contribution is 5.95. The summed E-state index contributed by atoms with van der Waals surface area (Å²) in [6.07, 6.45) is 7.68. The van der Waals surface area contributed by atoms with E-state index in [0.29, 0.717) is 17.9 Å². The van der Waals surface area contributed by atoms with Crippen molar-refractivity contribution in [2.24, 2.45) is 23.5 Å². The van der Waals surface area contributed by atoms with Gasteiger partial charge in [-0.2, -0.15) is 0 Å². The molecule has 2 aliphatic carbocycles. The molecule has 1 amide bonds. The van der Waals surface area contributed by atoms with Crippen LogP contribution in [0.1, 0.15) is 32.1 Å². The molecular formula is C22H34Cl2N4O. The Labute approximate surface area is 186 Å². The van der Waals surface area contributed by atoms with Gasteiger partial charge in [0.2, 0.25) is 5.91 Å². The number of amides is 1. The first kappa shape index (κ1) is 24.0. The Kier molecular flexibility index (Phi) is 8.41. The maximum Gasteiger partial charge on any atom is 0.227 e. The molecule has 1 aromatic carbocycles. The first-order chi connectivity index (χ1) is 13.0. The summed E-state index contributed by atoms with van der Waals surface area (Å²) in [5.74, 6) is 1.33. The molecule has 0 radical (unpaired) electrons. The predicted octanol–water partition coefficient (Wildman–Crippen LogP) is 4.14. The Morgan fingerprint density at radius 1 is 1.17 bits per heavy atom. The number of hydrogen-bond donors (Lipinski definition) is 2. The lowest BCUT2D eigenvalue weighted by molar-refractivity contribution is -0.122. The molecule has 1 aromatic heterocycles. The van der Waals surface area contributed by atoms with Gasteiger partial charge < -0.3 is 20.5 Å². The van der Waals surface area contributed by atoms with Gasteiger partial charge in [-0.05, 0) is 75.2 Å². The molecule has 162 valence electrons. The largest absolute Gasteiger partial charge is 0.346 e. The van der Waals surface area contributed by atoms with Crippen LogP contribution in [0.25, 0.3) is 10.9 Å². The van der Waals surface area contributed by atoms with Crippen molar-refractivity contribution in [1.82, 2.24) is 9.47 Å². The van der Waals surface area contributed by atoms with Gasteiger partial charge in [0.25, 0.3) is 0 Å². The molecule has 0 aliphatic heterocycles. The number of nitrogens with two attached hydrogens (primary N) is 1. The number of nitrogens with zero attached hydrogens (tertiary/aromatic N) is 2. The molecule has 2 bridgehead atoms. The number of halogens is 2. The summed E-state index contributed by atoms with van der Waals surface area (Å²) in [4.78, 5) is 15.1. The molecule has 0 saturated heterocycles. The van der Waals surface area contributed by atoms with Gasteiger partial charge in [0.1, 0.15) is 0 Å². The Hall–Kier alpha value is -1.27. The smallest absolute Gasteiger partial charge is 0.227 e. The minimum Gasteiger partial charge on any atom is -0.346 e. The van der Waals surface area contributed by atoms with Crippen LogP contribution in [0.2, 0.25) is 0 Å². The van der Waals surface area contributed by atoms with E-state index in [1.807, 2.05) is 6.07 Å². The Balaban J connectivity index is 0.00000150. The van der Waals surface area contributed by atoms with Crippen LogP contribution in [0.3, 0.4) is 0 Å². The fourth-order valence-corrected chi connectivity index (χ4v) is 5.01. The molecular weight excluding hydrogens is 407 g/mol. The van der Waals surface area contributed by atoms with Crippen LogP contribution in [0.15, 0.2) is 30.5 Å². The summed E-state index contributed by atoms with van der Waals surface area (Å²) in [5.41, 5.74) is 8.46. The monoisotopic (exact) mass is 440 g/mol. The van der Waals surface area contributed by atoms with Gasteiger partial charge >= 0.3 is 0 Å². The van der Waals surface area contributed by atoms with Crippen molar-refractivity contribution in [1.29, 1.82) is 0 Å². The van der Waals surface area contributed by atoms with Crippen LogP contribution < -0.4 is 11.1 Å². The van der Waals surface area contributed by atoms with Gasteiger partial charge in [-0.1, -0.05) is 12.5 Å². The van der Waals surface area contributed by atoms with E-state index >= 15 is 0 Å². The average molecular weight is 441 g/mol. The van der Waals surface area contributed by atoms with Gasteiger partial charge in [-0.15, -0.1) is 24.8 Å². The van der Waals surface area contributed by atoms with Crippen molar-refractivity contribution in [3.05, 3.63) is 30.5 Å². The number of carbonyl (C=O) groups excluding carboxylic acids is 1. The third-order valence-electron chi connectivity index (χ3n) is 6.61. The number of benzene rings is 1. The van der Waals surface area contributed by atoms with E-state index in [-0.39, 0.29) is 36.6 Å². The van der Waals surface area contributed by atoms with E-state index in [4.69, 9.17) is 5.73 Å². The van der Waals surface area contributed by atoms with E-state index in [1.54, 1.807) is 0 Å². The number of rotatable bonds is 5. The van der Waals surface area contributed by atoms with E-state index < -0.39 is 0 Å². The van der Waals surface area contributed by atoms with Crippen LogP contribution in [-0.2, 0) is 11.3 Å². The summed E-state index contributed by atoms with van der Waals surface area (Å²) in [6, 6.07) is 8.67. The fraction of sp³-hybridized carbons (Fsp3) is 0.591. The third-order valence-corrected chi connectivity index (χ3v) is 6.61. The van der Waals surface area contributed by atoms with E-state index in [0.717, 1.165) is 31.6 Å². The maximum atomic E-state index is 12.9. The summed E-state index contributed by atoms with van der Waals surface area (Å²) in [5, 5.41) is 4.40. The van der Waals surface area contributed by atoms with Gasteiger partial charge in [0, 0.05) is 36.9 Å². The van der Waals surface area contributed by atoms with Crippen molar-refractivity contribution in [2.45, 2.75) is 44.7 Å². The van der Waals surface area contributed by atoms with Crippen LogP contribution >= 0.6 is 24.8 Å². The zero-order valence-corrected chi connectivity index (χ0v) is 19.0. The lowest BCUT2D eigenvalue weighted by Gasteiger charge is -2.43. The first-order valence-electron chi connectivity index (χ1n) is 10.3. The van der Waals surface area contributed by atoms with Crippen molar-refractivity contribution >= 4 is 47.3 Å². The van der Waals surface area contributed by atoms with Crippen molar-refractivity contribution in [3.8, 4) is 0 Å². The summed E-state index contributed by atoms with van der Waals surface area (Å²) >= 11 is 0. The normalized spacial score (nSPS) is 25.9. The number of anilines is 1. The number of aromatic nitrogens is 1. The summed E-state index contributed by atoms with van der Waals surface area (Å²) in [6.45, 7) is 1.93. The van der Waals surface area contributed by atoms with E-state index in [9.17, 15) is 4.79 Å². The topological polar surface area (TPSA) is 63.3 Å². The highest BCUT2D eigenvalue weighted by Gasteiger charge is 2.40. The van der Waals surface area contributed by atoms with Gasteiger partial charge in [-0.3, -0.25) is 4.79 Å². The first-order valence-corrected chi connectivity index (χ1v) is 10.3. The molecule has 2 aliphatic rings. The predicted molar refractivity (Wildman–Crippen MR) is 125 cm³/mol. The second kappa shape index (κ2) is 10.2. The number of nitrogens with one attached hydrogen (secondary N) is 1. The SMILES string of the molecule is CN(C)CCn1ccc2ccc(NC(=O)C3CC4CCCC(C3)C4N)cc21.Cl.Cl. The molecule has 2 aromatic rings. The number of hydrogen-bond acceptors (Lipinski definition) is 3. The summed E-state index contributed by atoms with van der Waals surface area (Å²) < 4.78 is 2.26. The maximum absolute atomic E-state index is 12.9. The summed E-state index contributed by atoms with van der Waals surface area (Å²) in [7, 11) is 4.17. The van der Waals surface area contributed by atoms with E-state index in [1.165, 1.54) is 30.2 Å². The second-order valence-electron chi connectivity index (χ2n) is 8.77. The zero-order valence-electron chi connectivity index (χ0n) is 17.3. The van der Waals surface area contributed by atoms with Crippen LogP contribution in [-0.4, -0.2) is 42.1 Å². The molecule has 2 fully saturated rings. The van der Waals surface area contributed by atoms with Crippen molar-refractivity contribution < 1.29 is 4.79 Å².